The van der Waals surface area contributed by atoms with E-state index in [0.29, 0.717) is 28.6 Å². The van der Waals surface area contributed by atoms with Crippen LogP contribution in [-0.4, -0.2) is 35.4 Å². The lowest BCUT2D eigenvalue weighted by atomic mass is 10.3. The molecule has 0 bridgehead atoms. The summed E-state index contributed by atoms with van der Waals surface area (Å²) in [4.78, 5) is 21.8. The van der Waals surface area contributed by atoms with Gasteiger partial charge in [0.05, 0.1) is 35.4 Å². The van der Waals surface area contributed by atoms with Crippen LogP contribution in [0.5, 0.6) is 11.8 Å². The molecule has 0 aliphatic rings. The Labute approximate surface area is 171 Å². The van der Waals surface area contributed by atoms with Crippen LogP contribution in [0.25, 0.3) is 27.9 Å². The summed E-state index contributed by atoms with van der Waals surface area (Å²) in [6.45, 7) is 0.0840. The molecular weight excluding hydrogens is 382 g/mol. The minimum absolute atomic E-state index is 0.126. The highest BCUT2D eigenvalue weighted by molar-refractivity contribution is 5.76. The number of nitrogens with zero attached hydrogens (tertiary/aromatic N) is 5. The summed E-state index contributed by atoms with van der Waals surface area (Å²) >= 11 is 0. The van der Waals surface area contributed by atoms with Gasteiger partial charge in [0.2, 0.25) is 0 Å². The fourth-order valence-electron chi connectivity index (χ4n) is 3.62. The number of aryl methyl sites for hydroxylation is 1. The van der Waals surface area contributed by atoms with E-state index >= 15 is 0 Å². The summed E-state index contributed by atoms with van der Waals surface area (Å²) in [6, 6.07) is 19.1. The Morgan fingerprint density at radius 2 is 1.77 bits per heavy atom. The molecule has 3 heterocycles. The van der Waals surface area contributed by atoms with Crippen LogP contribution in [0, 0.1) is 0 Å². The van der Waals surface area contributed by atoms with Gasteiger partial charge in [-0.25, -0.2) is 14.3 Å². The molecule has 0 saturated carbocycles. The van der Waals surface area contributed by atoms with Crippen molar-refractivity contribution in [2.24, 2.45) is 7.05 Å². The molecule has 0 radical (unpaired) electrons. The summed E-state index contributed by atoms with van der Waals surface area (Å²) in [5.74, 6) is 0.609. The molecule has 0 spiro atoms. The highest BCUT2D eigenvalue weighted by Crippen LogP contribution is 2.26. The average Bonchev–Trinajstić information content (AvgIpc) is 3.24. The molecule has 0 amide bonds. The molecule has 3 aromatic heterocycles. The van der Waals surface area contributed by atoms with E-state index in [9.17, 15) is 9.90 Å². The summed E-state index contributed by atoms with van der Waals surface area (Å²) in [7, 11) is 1.90. The van der Waals surface area contributed by atoms with E-state index in [1.54, 1.807) is 36.5 Å². The Morgan fingerprint density at radius 1 is 1.00 bits per heavy atom. The third-order valence-electron chi connectivity index (χ3n) is 5.06. The highest BCUT2D eigenvalue weighted by Gasteiger charge is 2.15. The number of fused-ring (bicyclic) bond motifs is 2. The number of aliphatic hydroxyl groups excluding tert-OH is 1. The number of hydrogen-bond acceptors (Lipinski definition) is 5. The smallest absolute Gasteiger partial charge is 0.335 e. The second-order valence-electron chi connectivity index (χ2n) is 6.88. The minimum atomic E-state index is -0.248. The van der Waals surface area contributed by atoms with Gasteiger partial charge in [-0.1, -0.05) is 12.1 Å². The summed E-state index contributed by atoms with van der Waals surface area (Å²) in [6.07, 6.45) is 1.64. The Bertz CT molecular complexity index is 1410. The van der Waals surface area contributed by atoms with Gasteiger partial charge < -0.3 is 9.84 Å². The van der Waals surface area contributed by atoms with Crippen LogP contribution in [-0.2, 0) is 13.6 Å². The van der Waals surface area contributed by atoms with Crippen LogP contribution >= 0.6 is 0 Å². The second kappa shape index (κ2) is 7.16. The number of imidazole rings is 2. The molecule has 2 aromatic carbocycles. The number of rotatable bonds is 5. The van der Waals surface area contributed by atoms with Gasteiger partial charge in [-0.2, -0.15) is 4.98 Å². The lowest BCUT2D eigenvalue weighted by Gasteiger charge is -2.07. The van der Waals surface area contributed by atoms with Gasteiger partial charge in [-0.15, -0.1) is 0 Å². The van der Waals surface area contributed by atoms with E-state index in [4.69, 9.17) is 4.74 Å². The van der Waals surface area contributed by atoms with Crippen molar-refractivity contribution in [1.82, 2.24) is 23.7 Å². The normalized spacial score (nSPS) is 11.4. The van der Waals surface area contributed by atoms with Crippen LogP contribution in [0.1, 0.15) is 0 Å². The van der Waals surface area contributed by atoms with Crippen molar-refractivity contribution in [3.05, 3.63) is 77.3 Å². The Balaban J connectivity index is 1.52. The van der Waals surface area contributed by atoms with Crippen molar-refractivity contribution >= 4 is 22.2 Å². The first-order valence-electron chi connectivity index (χ1n) is 9.54. The number of pyridine rings is 1. The average molecular weight is 401 g/mol. The Hall–Kier alpha value is -3.91. The molecule has 5 aromatic rings. The van der Waals surface area contributed by atoms with E-state index in [0.717, 1.165) is 11.0 Å². The maximum absolute atomic E-state index is 12.9. The zero-order valence-electron chi connectivity index (χ0n) is 16.3. The fourth-order valence-corrected chi connectivity index (χ4v) is 3.62. The number of aromatic nitrogens is 5. The molecule has 0 aliphatic carbocycles. The summed E-state index contributed by atoms with van der Waals surface area (Å²) < 4.78 is 10.9. The SMILES string of the molecule is Cn1c(Oc2ccc(-n3c(=O)n(CCO)c4cccnc43)cc2)nc2ccccc21. The zero-order chi connectivity index (χ0) is 20.7. The van der Waals surface area contributed by atoms with E-state index < -0.39 is 0 Å². The standard InChI is InChI=1S/C22H19N5O3/c1-25-18-6-3-2-5-17(18)24-21(25)30-16-10-8-15(9-11-16)27-20-19(7-4-12-23-20)26(13-14-28)22(27)29/h2-12,28H,13-14H2,1H3. The van der Waals surface area contributed by atoms with E-state index in [1.165, 1.54) is 9.13 Å². The third kappa shape index (κ3) is 2.85. The van der Waals surface area contributed by atoms with E-state index in [1.807, 2.05) is 41.9 Å². The fraction of sp³-hybridized carbons (Fsp3) is 0.136. The van der Waals surface area contributed by atoms with Crippen molar-refractivity contribution in [1.29, 1.82) is 0 Å². The van der Waals surface area contributed by atoms with Gasteiger partial charge in [-0.3, -0.25) is 9.13 Å². The first-order valence-corrected chi connectivity index (χ1v) is 9.54. The van der Waals surface area contributed by atoms with Crippen molar-refractivity contribution < 1.29 is 9.84 Å². The lowest BCUT2D eigenvalue weighted by Crippen LogP contribution is -2.24. The molecule has 0 saturated heterocycles. The number of para-hydroxylation sites is 2. The van der Waals surface area contributed by atoms with Gasteiger partial charge in [-0.05, 0) is 48.5 Å². The monoisotopic (exact) mass is 401 g/mol. The molecule has 8 nitrogen and oxygen atoms in total. The molecule has 0 fully saturated rings. The molecule has 150 valence electrons. The lowest BCUT2D eigenvalue weighted by molar-refractivity contribution is 0.276. The summed E-state index contributed by atoms with van der Waals surface area (Å²) in [5.41, 5.74) is 3.48. The predicted octanol–water partition coefficient (Wildman–Crippen LogP) is 2.86. The van der Waals surface area contributed by atoms with Crippen LogP contribution in [0.15, 0.2) is 71.7 Å². The first-order chi connectivity index (χ1) is 14.7. The number of benzene rings is 2. The van der Waals surface area contributed by atoms with Crippen LogP contribution in [0.2, 0.25) is 0 Å². The molecule has 0 unspecified atom stereocenters. The molecule has 1 N–H and O–H groups in total. The van der Waals surface area contributed by atoms with Gasteiger partial charge >= 0.3 is 11.7 Å². The van der Waals surface area contributed by atoms with Gasteiger partial charge in [0.25, 0.3) is 0 Å². The van der Waals surface area contributed by atoms with E-state index in [2.05, 4.69) is 9.97 Å². The van der Waals surface area contributed by atoms with Crippen LogP contribution in [0.4, 0.5) is 0 Å². The van der Waals surface area contributed by atoms with Crippen molar-refractivity contribution in [3.8, 4) is 17.4 Å². The third-order valence-corrected chi connectivity index (χ3v) is 5.06. The predicted molar refractivity (Wildman–Crippen MR) is 113 cm³/mol. The molecule has 0 aliphatic heterocycles. The molecule has 0 atom stereocenters. The number of ether oxygens (including phenoxy) is 1. The summed E-state index contributed by atoms with van der Waals surface area (Å²) in [5, 5.41) is 9.32. The topological polar surface area (TPSA) is 87.1 Å². The largest absolute Gasteiger partial charge is 0.425 e. The number of hydrogen-bond donors (Lipinski definition) is 1. The van der Waals surface area contributed by atoms with Crippen molar-refractivity contribution in [2.75, 3.05) is 6.61 Å². The minimum Gasteiger partial charge on any atom is -0.425 e. The van der Waals surface area contributed by atoms with E-state index in [-0.39, 0.29) is 18.8 Å². The first kappa shape index (κ1) is 18.1. The highest BCUT2D eigenvalue weighted by atomic mass is 16.5. The maximum Gasteiger partial charge on any atom is 0.335 e. The van der Waals surface area contributed by atoms with Gasteiger partial charge in [0.15, 0.2) is 5.65 Å². The van der Waals surface area contributed by atoms with Crippen molar-refractivity contribution in [2.45, 2.75) is 6.54 Å². The quantitative estimate of drug-likeness (QED) is 0.489. The molecule has 30 heavy (non-hydrogen) atoms. The van der Waals surface area contributed by atoms with Crippen LogP contribution < -0.4 is 10.4 Å². The molecule has 8 heteroatoms. The Morgan fingerprint density at radius 3 is 2.53 bits per heavy atom. The van der Waals surface area contributed by atoms with Crippen molar-refractivity contribution in [3.63, 3.8) is 0 Å². The zero-order valence-corrected chi connectivity index (χ0v) is 16.3. The maximum atomic E-state index is 12.9. The second-order valence-corrected chi connectivity index (χ2v) is 6.88. The van der Waals surface area contributed by atoms with Gasteiger partial charge in [0.1, 0.15) is 5.75 Å². The number of aliphatic hydroxyl groups is 1. The molecular formula is C22H19N5O3. The van der Waals surface area contributed by atoms with Crippen LogP contribution in [0.3, 0.4) is 0 Å². The Kier molecular flexibility index (Phi) is 4.33. The molecule has 5 rings (SSSR count). The van der Waals surface area contributed by atoms with Gasteiger partial charge in [0, 0.05) is 13.2 Å².